The second-order valence-corrected chi connectivity index (χ2v) is 7.18. The van der Waals surface area contributed by atoms with Crippen LogP contribution in [0.4, 0.5) is 20.2 Å². The summed E-state index contributed by atoms with van der Waals surface area (Å²) < 4.78 is 32.6. The third-order valence-corrected chi connectivity index (χ3v) is 5.11. The molecule has 3 N–H and O–H groups in total. The van der Waals surface area contributed by atoms with E-state index < -0.39 is 30.1 Å². The predicted octanol–water partition coefficient (Wildman–Crippen LogP) is 4.99. The Morgan fingerprint density at radius 1 is 1.12 bits per heavy atom. The van der Waals surface area contributed by atoms with Gasteiger partial charge in [-0.05, 0) is 35.9 Å². The summed E-state index contributed by atoms with van der Waals surface area (Å²) >= 11 is 12.2. The fourth-order valence-corrected chi connectivity index (χ4v) is 4.01. The van der Waals surface area contributed by atoms with Crippen LogP contribution in [-0.4, -0.2) is 11.8 Å². The smallest absolute Gasteiger partial charge is 0.250 e. The Balaban J connectivity index is 1.71. The van der Waals surface area contributed by atoms with Crippen molar-refractivity contribution in [1.29, 1.82) is 0 Å². The van der Waals surface area contributed by atoms with E-state index in [2.05, 4.69) is 5.32 Å². The Bertz CT molecular complexity index is 887. The lowest BCUT2D eigenvalue weighted by atomic mass is 9.62. The minimum Gasteiger partial charge on any atom is -0.454 e. The van der Waals surface area contributed by atoms with Crippen molar-refractivity contribution in [1.82, 2.24) is 0 Å². The third kappa shape index (κ3) is 2.51. The van der Waals surface area contributed by atoms with Crippen LogP contribution in [0.25, 0.3) is 0 Å². The number of hydrogen-bond acceptors (Lipinski definition) is 3. The van der Waals surface area contributed by atoms with Gasteiger partial charge in [-0.1, -0.05) is 23.2 Å². The van der Waals surface area contributed by atoms with Crippen LogP contribution in [0.1, 0.15) is 18.4 Å². The first-order valence-corrected chi connectivity index (χ1v) is 8.22. The molecule has 1 spiro atoms. The summed E-state index contributed by atoms with van der Waals surface area (Å²) in [5.74, 6) is -2.69. The molecule has 2 aromatic rings. The third-order valence-electron chi connectivity index (χ3n) is 4.55. The molecule has 1 heterocycles. The van der Waals surface area contributed by atoms with Crippen LogP contribution in [0.3, 0.4) is 0 Å². The summed E-state index contributed by atoms with van der Waals surface area (Å²) in [6.07, 6.45) is -1.02. The van der Waals surface area contributed by atoms with Gasteiger partial charge in [0.1, 0.15) is 5.75 Å². The van der Waals surface area contributed by atoms with Gasteiger partial charge in [0.2, 0.25) is 5.91 Å². The quantitative estimate of drug-likeness (QED) is 0.717. The number of anilines is 2. The summed E-state index contributed by atoms with van der Waals surface area (Å²) in [5, 5.41) is 3.11. The van der Waals surface area contributed by atoms with Crippen molar-refractivity contribution in [2.45, 2.75) is 24.2 Å². The summed E-state index contributed by atoms with van der Waals surface area (Å²) in [7, 11) is 0. The van der Waals surface area contributed by atoms with E-state index in [1.807, 2.05) is 0 Å². The highest BCUT2D eigenvalue weighted by atomic mass is 35.5. The molecule has 1 aliphatic carbocycles. The zero-order chi connectivity index (χ0) is 18.0. The Kier molecular flexibility index (Phi) is 3.43. The van der Waals surface area contributed by atoms with Gasteiger partial charge in [-0.25, -0.2) is 8.78 Å². The molecule has 25 heavy (non-hydrogen) atoms. The van der Waals surface area contributed by atoms with Crippen LogP contribution in [0.5, 0.6) is 11.5 Å². The van der Waals surface area contributed by atoms with Crippen molar-refractivity contribution in [3.05, 3.63) is 45.9 Å². The maximum Gasteiger partial charge on any atom is 0.250 e. The van der Waals surface area contributed by atoms with Crippen molar-refractivity contribution in [3.8, 4) is 11.5 Å². The lowest BCUT2D eigenvalue weighted by Crippen LogP contribution is -2.53. The second kappa shape index (κ2) is 5.22. The van der Waals surface area contributed by atoms with E-state index in [1.165, 1.54) is 12.1 Å². The fourth-order valence-electron chi connectivity index (χ4n) is 3.43. The monoisotopic (exact) mass is 384 g/mol. The molecule has 0 saturated heterocycles. The number of amides is 1. The summed E-state index contributed by atoms with van der Waals surface area (Å²) in [4.78, 5) is 12.2. The van der Waals surface area contributed by atoms with Gasteiger partial charge in [-0.3, -0.25) is 4.79 Å². The first-order valence-electron chi connectivity index (χ1n) is 7.46. The van der Waals surface area contributed by atoms with Crippen LogP contribution < -0.4 is 15.8 Å². The van der Waals surface area contributed by atoms with Crippen molar-refractivity contribution in [2.75, 3.05) is 11.1 Å². The molecular formula is C17H12Cl2F2N2O2. The lowest BCUT2D eigenvalue weighted by molar-refractivity contribution is -0.152. The van der Waals surface area contributed by atoms with Gasteiger partial charge in [-0.2, -0.15) is 0 Å². The van der Waals surface area contributed by atoms with Crippen molar-refractivity contribution >= 4 is 40.5 Å². The largest absolute Gasteiger partial charge is 0.454 e. The molecule has 2 aromatic carbocycles. The highest BCUT2D eigenvalue weighted by Crippen LogP contribution is 2.58. The lowest BCUT2D eigenvalue weighted by Gasteiger charge is -2.43. The van der Waals surface area contributed by atoms with Gasteiger partial charge in [0, 0.05) is 24.2 Å². The number of fused-ring (bicyclic) bond motifs is 2. The number of rotatable bonds is 2. The van der Waals surface area contributed by atoms with Gasteiger partial charge >= 0.3 is 0 Å². The Hall–Kier alpha value is -2.05. The van der Waals surface area contributed by atoms with Crippen molar-refractivity contribution < 1.29 is 18.3 Å². The topological polar surface area (TPSA) is 64.3 Å². The number of nitrogens with two attached hydrogens (primary N) is 1. The molecule has 1 aliphatic heterocycles. The number of nitrogen functional groups attached to an aromatic ring is 1. The van der Waals surface area contributed by atoms with Crippen LogP contribution in [0, 0.1) is 0 Å². The first kappa shape index (κ1) is 16.4. The average Bonchev–Trinajstić information content (AvgIpc) is 2.74. The van der Waals surface area contributed by atoms with Crippen LogP contribution in [0.2, 0.25) is 10.0 Å². The number of alkyl halides is 2. The molecule has 4 rings (SSSR count). The van der Waals surface area contributed by atoms with E-state index in [0.29, 0.717) is 22.7 Å². The van der Waals surface area contributed by atoms with E-state index in [9.17, 15) is 13.6 Å². The molecule has 0 atom stereocenters. The van der Waals surface area contributed by atoms with Gasteiger partial charge in [-0.15, -0.1) is 0 Å². The Morgan fingerprint density at radius 2 is 1.76 bits per heavy atom. The number of hydrogen-bond donors (Lipinski definition) is 2. The van der Waals surface area contributed by atoms with E-state index in [0.717, 1.165) is 0 Å². The summed E-state index contributed by atoms with van der Waals surface area (Å²) in [5.41, 5.74) is 5.86. The van der Waals surface area contributed by atoms with E-state index in [1.54, 1.807) is 18.2 Å². The predicted molar refractivity (Wildman–Crippen MR) is 91.9 cm³/mol. The molecule has 1 fully saturated rings. The maximum absolute atomic E-state index is 13.4. The van der Waals surface area contributed by atoms with Crippen molar-refractivity contribution in [2.24, 2.45) is 0 Å². The fraction of sp³-hybridized carbons (Fsp3) is 0.235. The minimum absolute atomic E-state index is 0.211. The van der Waals surface area contributed by atoms with Crippen LogP contribution in [-0.2, 0) is 10.2 Å². The van der Waals surface area contributed by atoms with E-state index in [-0.39, 0.29) is 15.8 Å². The number of benzene rings is 2. The number of carbonyl (C=O) groups is 1. The molecule has 0 unspecified atom stereocenters. The first-order chi connectivity index (χ1) is 11.7. The summed E-state index contributed by atoms with van der Waals surface area (Å²) in [6, 6.07) is 7.79. The molecule has 2 aliphatic rings. The zero-order valence-electron chi connectivity index (χ0n) is 12.7. The van der Waals surface area contributed by atoms with Crippen molar-refractivity contribution in [3.63, 3.8) is 0 Å². The van der Waals surface area contributed by atoms with Gasteiger partial charge in [0.25, 0.3) is 5.92 Å². The molecule has 8 heteroatoms. The highest BCUT2D eigenvalue weighted by molar-refractivity contribution is 6.37. The van der Waals surface area contributed by atoms with Gasteiger partial charge < -0.3 is 15.8 Å². The second-order valence-electron chi connectivity index (χ2n) is 6.37. The van der Waals surface area contributed by atoms with Gasteiger partial charge in [0.15, 0.2) is 5.75 Å². The number of nitrogens with one attached hydrogen (secondary N) is 1. The number of carbonyl (C=O) groups excluding carboxylic acids is 1. The highest BCUT2D eigenvalue weighted by Gasteiger charge is 2.64. The molecule has 4 nitrogen and oxygen atoms in total. The van der Waals surface area contributed by atoms with Crippen LogP contribution in [0.15, 0.2) is 30.3 Å². The SMILES string of the molecule is Nc1cc(Cl)c(Oc2ccc3c(c2)C2(CC(F)(F)C2)C(=O)N3)c(Cl)c1. The zero-order valence-corrected chi connectivity index (χ0v) is 14.2. The Morgan fingerprint density at radius 3 is 2.36 bits per heavy atom. The normalized spacial score (nSPS) is 19.3. The molecule has 1 amide bonds. The molecule has 0 aromatic heterocycles. The van der Waals surface area contributed by atoms with Crippen LogP contribution >= 0.6 is 23.2 Å². The molecule has 1 saturated carbocycles. The van der Waals surface area contributed by atoms with E-state index >= 15 is 0 Å². The maximum atomic E-state index is 13.4. The Labute approximate surface area is 151 Å². The van der Waals surface area contributed by atoms with E-state index in [4.69, 9.17) is 33.7 Å². The molecule has 130 valence electrons. The standard InChI is InChI=1S/C17H12Cl2F2N2O2/c18-11-3-8(22)4-12(19)14(11)25-9-1-2-13-10(5-9)16(15(24)23-13)6-17(20,21)7-16/h1-5H,6-7,22H2,(H,23,24). The minimum atomic E-state index is -2.83. The molecular weight excluding hydrogens is 373 g/mol. The number of ether oxygens (including phenoxy) is 1. The average molecular weight is 385 g/mol. The molecule has 0 bridgehead atoms. The van der Waals surface area contributed by atoms with Gasteiger partial charge in [0.05, 0.1) is 15.5 Å². The molecule has 0 radical (unpaired) electrons. The summed E-state index contributed by atoms with van der Waals surface area (Å²) in [6.45, 7) is 0. The number of halogens is 4.